The van der Waals surface area contributed by atoms with E-state index in [1.165, 1.54) is 69.8 Å². The van der Waals surface area contributed by atoms with Crippen LogP contribution >= 0.6 is 11.3 Å². The summed E-state index contributed by atoms with van der Waals surface area (Å²) in [5.74, 6) is 0.843. The molecule has 7 aromatic carbocycles. The van der Waals surface area contributed by atoms with Crippen LogP contribution in [0.2, 0.25) is 0 Å². The van der Waals surface area contributed by atoms with Gasteiger partial charge < -0.3 is 0 Å². The second-order valence-electron chi connectivity index (χ2n) is 12.5. The third kappa shape index (κ3) is 3.47. The Morgan fingerprint density at radius 2 is 1.17 bits per heavy atom. The van der Waals surface area contributed by atoms with Gasteiger partial charge in [0.1, 0.15) is 5.69 Å². The first-order valence-electron chi connectivity index (χ1n) is 16.3. The van der Waals surface area contributed by atoms with Crippen LogP contribution in [0, 0.1) is 0 Å². The Morgan fingerprint density at radius 1 is 0.500 bits per heavy atom. The molecule has 3 nitrogen and oxygen atoms in total. The van der Waals surface area contributed by atoms with Crippen LogP contribution < -0.4 is 0 Å². The topological polar surface area (TPSA) is 30.7 Å². The molecule has 0 saturated heterocycles. The average molecular weight is 628 g/mol. The lowest BCUT2D eigenvalue weighted by Gasteiger charge is -2.16. The molecular weight excluding hydrogens is 603 g/mol. The van der Waals surface area contributed by atoms with E-state index in [-0.39, 0.29) is 0 Å². The van der Waals surface area contributed by atoms with Crippen molar-refractivity contribution in [3.63, 3.8) is 0 Å². The summed E-state index contributed by atoms with van der Waals surface area (Å²) in [6.45, 7) is 0. The molecule has 0 spiro atoms. The number of benzene rings is 7. The van der Waals surface area contributed by atoms with E-state index in [9.17, 15) is 0 Å². The molecule has 10 aromatic rings. The maximum Gasteiger partial charge on any atom is 0.165 e. The number of fused-ring (bicyclic) bond motifs is 6. The SMILES string of the molecule is c1ccc(-c2nc3ccccc3nc2-n2c3ccc4sc(-c5ccccc5)c5c4c3c3c(cc4ccccc4c32)-c2ccccc2-5)cc1. The Balaban J connectivity index is 1.42. The van der Waals surface area contributed by atoms with Crippen LogP contribution in [0.5, 0.6) is 0 Å². The third-order valence-corrected chi connectivity index (χ3v) is 11.1. The van der Waals surface area contributed by atoms with Crippen LogP contribution in [0.15, 0.2) is 152 Å². The predicted molar refractivity (Wildman–Crippen MR) is 202 cm³/mol. The van der Waals surface area contributed by atoms with E-state index in [0.29, 0.717) is 0 Å². The van der Waals surface area contributed by atoms with Gasteiger partial charge in [-0.25, -0.2) is 9.97 Å². The quantitative estimate of drug-likeness (QED) is 0.195. The van der Waals surface area contributed by atoms with Gasteiger partial charge in [0.15, 0.2) is 5.82 Å². The van der Waals surface area contributed by atoms with Crippen LogP contribution in [0.25, 0.3) is 103 Å². The van der Waals surface area contributed by atoms with Gasteiger partial charge in [-0.05, 0) is 58.0 Å². The Morgan fingerprint density at radius 3 is 1.98 bits per heavy atom. The molecule has 0 bridgehead atoms. The molecule has 3 heterocycles. The van der Waals surface area contributed by atoms with Crippen molar-refractivity contribution in [2.24, 2.45) is 0 Å². The second-order valence-corrected chi connectivity index (χ2v) is 13.6. The summed E-state index contributed by atoms with van der Waals surface area (Å²) in [6.07, 6.45) is 0. The Labute approximate surface area is 280 Å². The van der Waals surface area contributed by atoms with Gasteiger partial charge in [0.25, 0.3) is 0 Å². The summed E-state index contributed by atoms with van der Waals surface area (Å²) in [7, 11) is 0. The normalized spacial score (nSPS) is 12.2. The molecule has 48 heavy (non-hydrogen) atoms. The van der Waals surface area contributed by atoms with Gasteiger partial charge in [0.05, 0.1) is 22.1 Å². The Kier molecular flexibility index (Phi) is 5.26. The van der Waals surface area contributed by atoms with Gasteiger partial charge in [-0.3, -0.25) is 4.57 Å². The fourth-order valence-corrected chi connectivity index (χ4v) is 9.14. The van der Waals surface area contributed by atoms with Gasteiger partial charge >= 0.3 is 0 Å². The largest absolute Gasteiger partial charge is 0.291 e. The van der Waals surface area contributed by atoms with Crippen molar-refractivity contribution >= 4 is 65.0 Å². The van der Waals surface area contributed by atoms with Gasteiger partial charge in [0.2, 0.25) is 0 Å². The molecule has 0 amide bonds. The van der Waals surface area contributed by atoms with Crippen molar-refractivity contribution in [2.45, 2.75) is 0 Å². The van der Waals surface area contributed by atoms with E-state index in [1.807, 2.05) is 23.5 Å². The number of rotatable bonds is 3. The van der Waals surface area contributed by atoms with Crippen LogP contribution in [0.3, 0.4) is 0 Å². The lowest BCUT2D eigenvalue weighted by atomic mass is 9.92. The maximum atomic E-state index is 5.45. The second kappa shape index (κ2) is 9.71. The average Bonchev–Trinajstić information content (AvgIpc) is 3.68. The number of thiophene rings is 1. The summed E-state index contributed by atoms with van der Waals surface area (Å²) in [4.78, 5) is 12.1. The lowest BCUT2D eigenvalue weighted by molar-refractivity contribution is 1.08. The van der Waals surface area contributed by atoms with Crippen LogP contribution in [0.1, 0.15) is 0 Å². The summed E-state index contributed by atoms with van der Waals surface area (Å²) in [5, 5.41) is 6.28. The Bertz CT molecular complexity index is 2940. The molecule has 0 unspecified atom stereocenters. The fraction of sp³-hybridized carbons (Fsp3) is 0. The van der Waals surface area contributed by atoms with Crippen molar-refractivity contribution in [3.8, 4) is 49.8 Å². The summed E-state index contributed by atoms with van der Waals surface area (Å²) >= 11 is 1.89. The van der Waals surface area contributed by atoms with Crippen LogP contribution in [0.4, 0.5) is 0 Å². The highest BCUT2D eigenvalue weighted by Crippen LogP contribution is 2.56. The minimum atomic E-state index is 0.843. The van der Waals surface area contributed by atoms with E-state index in [4.69, 9.17) is 9.97 Å². The first-order valence-corrected chi connectivity index (χ1v) is 17.1. The predicted octanol–water partition coefficient (Wildman–Crippen LogP) is 12.1. The van der Waals surface area contributed by atoms with E-state index < -0.39 is 0 Å². The minimum absolute atomic E-state index is 0.843. The van der Waals surface area contributed by atoms with E-state index in [0.717, 1.165) is 33.6 Å². The number of nitrogens with zero attached hydrogens (tertiary/aromatic N) is 3. The number of hydrogen-bond donors (Lipinski definition) is 0. The summed E-state index contributed by atoms with van der Waals surface area (Å²) in [5.41, 5.74) is 12.3. The summed E-state index contributed by atoms with van der Waals surface area (Å²) < 4.78 is 3.70. The van der Waals surface area contributed by atoms with Crippen molar-refractivity contribution in [1.82, 2.24) is 14.5 Å². The van der Waals surface area contributed by atoms with Crippen molar-refractivity contribution in [2.75, 3.05) is 0 Å². The molecule has 0 atom stereocenters. The van der Waals surface area contributed by atoms with Crippen molar-refractivity contribution < 1.29 is 0 Å². The molecule has 0 radical (unpaired) electrons. The molecule has 4 heteroatoms. The molecule has 11 rings (SSSR count). The minimum Gasteiger partial charge on any atom is -0.291 e. The zero-order valence-electron chi connectivity index (χ0n) is 25.7. The standard InChI is InChI=1S/C44H25N3S/c1-3-13-26(14-4-1)41-44(46-34-22-12-11-21-33(34)45-41)47-35-23-24-36-40-38(43(48-36)27-15-5-2-6-16-27)31-20-10-9-19-30(31)32-25-28-17-7-8-18-29(28)42(47)37(32)39(35)40/h1-25H. The molecule has 1 aliphatic carbocycles. The van der Waals surface area contributed by atoms with Gasteiger partial charge in [-0.2, -0.15) is 0 Å². The van der Waals surface area contributed by atoms with Crippen LogP contribution in [-0.2, 0) is 0 Å². The molecule has 0 saturated carbocycles. The first-order chi connectivity index (χ1) is 23.8. The molecule has 1 aliphatic rings. The monoisotopic (exact) mass is 627 g/mol. The molecule has 0 aliphatic heterocycles. The van der Waals surface area contributed by atoms with Gasteiger partial charge in [0, 0.05) is 42.2 Å². The smallest absolute Gasteiger partial charge is 0.165 e. The fourth-order valence-electron chi connectivity index (χ4n) is 7.91. The first kappa shape index (κ1) is 26.0. The highest BCUT2D eigenvalue weighted by Gasteiger charge is 2.30. The Hall–Kier alpha value is -6.10. The number of aromatic nitrogens is 3. The highest BCUT2D eigenvalue weighted by atomic mass is 32.1. The van der Waals surface area contributed by atoms with Crippen molar-refractivity contribution in [3.05, 3.63) is 152 Å². The lowest BCUT2D eigenvalue weighted by Crippen LogP contribution is -2.04. The van der Waals surface area contributed by atoms with Gasteiger partial charge in [-0.1, -0.05) is 121 Å². The van der Waals surface area contributed by atoms with E-state index >= 15 is 0 Å². The highest BCUT2D eigenvalue weighted by molar-refractivity contribution is 7.23. The zero-order valence-corrected chi connectivity index (χ0v) is 26.5. The van der Waals surface area contributed by atoms with Crippen LogP contribution in [-0.4, -0.2) is 14.5 Å². The maximum absolute atomic E-state index is 5.45. The zero-order chi connectivity index (χ0) is 31.3. The third-order valence-electron chi connectivity index (χ3n) is 9.90. The van der Waals surface area contributed by atoms with E-state index in [1.54, 1.807) is 0 Å². The summed E-state index contributed by atoms with van der Waals surface area (Å²) in [6, 6.07) is 54.4. The molecule has 0 fully saturated rings. The molecule has 222 valence electrons. The van der Waals surface area contributed by atoms with E-state index in [2.05, 4.69) is 144 Å². The molecular formula is C44H25N3S. The van der Waals surface area contributed by atoms with Crippen molar-refractivity contribution in [1.29, 1.82) is 0 Å². The van der Waals surface area contributed by atoms with Gasteiger partial charge in [-0.15, -0.1) is 11.3 Å². The number of hydrogen-bond acceptors (Lipinski definition) is 3. The number of para-hydroxylation sites is 2. The molecule has 0 N–H and O–H groups in total. The molecule has 3 aromatic heterocycles.